The van der Waals surface area contributed by atoms with Crippen LogP contribution in [0.25, 0.3) is 5.57 Å². The molecule has 28 heavy (non-hydrogen) atoms. The summed E-state index contributed by atoms with van der Waals surface area (Å²) in [4.78, 5) is 2.69. The largest absolute Gasteiger partial charge is 0.390 e. The molecule has 3 nitrogen and oxygen atoms in total. The number of hydrogen-bond donors (Lipinski definition) is 3. The van der Waals surface area contributed by atoms with Crippen molar-refractivity contribution >= 4 is 16.9 Å². The first-order valence-electron chi connectivity index (χ1n) is 10.4. The Morgan fingerprint density at radius 2 is 1.68 bits per heavy atom. The summed E-state index contributed by atoms with van der Waals surface area (Å²) >= 11 is 1.85. The second-order valence-corrected chi connectivity index (χ2v) is 8.60. The lowest BCUT2D eigenvalue weighted by molar-refractivity contribution is -0.0424. The molecule has 4 heteroatoms. The molecule has 0 aliphatic carbocycles. The molecule has 0 atom stereocenters. The van der Waals surface area contributed by atoms with E-state index in [2.05, 4.69) is 39.0 Å². The van der Waals surface area contributed by atoms with Gasteiger partial charge in [-0.3, -0.25) is 0 Å². The zero-order valence-corrected chi connectivity index (χ0v) is 18.1. The number of rotatable bonds is 11. The van der Waals surface area contributed by atoms with Gasteiger partial charge in [-0.1, -0.05) is 51.1 Å². The summed E-state index contributed by atoms with van der Waals surface area (Å²) in [6, 6.07) is 11.9. The van der Waals surface area contributed by atoms with Crippen LogP contribution < -0.4 is 0 Å². The van der Waals surface area contributed by atoms with E-state index in [1.165, 1.54) is 20.9 Å². The third-order valence-corrected chi connectivity index (χ3v) is 6.83. The highest BCUT2D eigenvalue weighted by Crippen LogP contribution is 2.29. The van der Waals surface area contributed by atoms with Gasteiger partial charge in [0.15, 0.2) is 6.29 Å². The van der Waals surface area contributed by atoms with Crippen molar-refractivity contribution in [1.82, 2.24) is 0 Å². The Kier molecular flexibility index (Phi) is 8.90. The first-order chi connectivity index (χ1) is 13.4. The van der Waals surface area contributed by atoms with Gasteiger partial charge in [0.1, 0.15) is 0 Å². The van der Waals surface area contributed by atoms with Crippen molar-refractivity contribution in [3.63, 3.8) is 0 Å². The molecule has 3 N–H and O–H groups in total. The molecule has 0 bridgehead atoms. The Morgan fingerprint density at radius 1 is 1.00 bits per heavy atom. The number of allylic oxidation sites excluding steroid dienone is 2. The summed E-state index contributed by atoms with van der Waals surface area (Å²) < 4.78 is 0. The van der Waals surface area contributed by atoms with E-state index in [0.29, 0.717) is 5.56 Å². The lowest BCUT2D eigenvalue weighted by Crippen LogP contribution is -2.25. The van der Waals surface area contributed by atoms with E-state index in [4.69, 9.17) is 0 Å². The highest BCUT2D eigenvalue weighted by atomic mass is 32.1. The molecule has 0 radical (unpaired) electrons. The van der Waals surface area contributed by atoms with Crippen LogP contribution >= 0.6 is 11.3 Å². The first-order valence-corrected chi connectivity index (χ1v) is 11.2. The van der Waals surface area contributed by atoms with E-state index >= 15 is 0 Å². The van der Waals surface area contributed by atoms with Gasteiger partial charge in [0.2, 0.25) is 0 Å². The predicted octanol–water partition coefficient (Wildman–Crippen LogP) is 5.64. The Balaban J connectivity index is 1.94. The molecule has 1 aromatic heterocycles. The van der Waals surface area contributed by atoms with Crippen molar-refractivity contribution in [2.24, 2.45) is 0 Å². The lowest BCUT2D eigenvalue weighted by Gasteiger charge is -2.24. The maximum atomic E-state index is 10.5. The second kappa shape index (κ2) is 10.9. The molecule has 0 amide bonds. The normalized spacial score (nSPS) is 12.8. The maximum absolute atomic E-state index is 10.5. The van der Waals surface area contributed by atoms with E-state index in [1.54, 1.807) is 12.1 Å². The van der Waals surface area contributed by atoms with Gasteiger partial charge < -0.3 is 15.3 Å². The third kappa shape index (κ3) is 6.56. The molecule has 154 valence electrons. The molecular formula is C24H34O3S. The first kappa shape index (κ1) is 22.8. The summed E-state index contributed by atoms with van der Waals surface area (Å²) in [6.07, 6.45) is 7.16. The standard InChI is InChI=1S/C24H34O3S/c1-4-19(8-7-17-24(27,5-2)6-3)22-16-15-21(28-22)14-11-18-9-12-20(13-10-18)23(25)26/h8-10,12-13,15-16,23,25-27H,4-7,11,14,17H2,1-3H3. The molecule has 1 heterocycles. The van der Waals surface area contributed by atoms with Crippen molar-refractivity contribution in [1.29, 1.82) is 0 Å². The average molecular weight is 403 g/mol. The van der Waals surface area contributed by atoms with Crippen molar-refractivity contribution in [2.45, 2.75) is 77.6 Å². The molecular weight excluding hydrogens is 368 g/mol. The molecule has 0 aliphatic heterocycles. The van der Waals surface area contributed by atoms with Crippen LogP contribution in [0.2, 0.25) is 0 Å². The average Bonchev–Trinajstić information content (AvgIpc) is 3.18. The lowest BCUT2D eigenvalue weighted by atomic mass is 9.91. The van der Waals surface area contributed by atoms with Crippen molar-refractivity contribution in [3.8, 4) is 0 Å². The zero-order chi connectivity index (χ0) is 20.6. The SMILES string of the molecule is CCC(=CCCC(O)(CC)CC)c1ccc(CCc2ccc(C(O)O)cc2)s1. The number of aliphatic hydroxyl groups is 3. The summed E-state index contributed by atoms with van der Waals surface area (Å²) in [7, 11) is 0. The number of benzene rings is 1. The van der Waals surface area contributed by atoms with Crippen LogP contribution in [0.5, 0.6) is 0 Å². The zero-order valence-electron chi connectivity index (χ0n) is 17.3. The Labute approximate surface area is 173 Å². The molecule has 0 saturated carbocycles. The van der Waals surface area contributed by atoms with E-state index < -0.39 is 11.9 Å². The summed E-state index contributed by atoms with van der Waals surface area (Å²) in [5.41, 5.74) is 2.56. The quantitative estimate of drug-likeness (QED) is 0.426. The van der Waals surface area contributed by atoms with Crippen molar-refractivity contribution in [3.05, 3.63) is 63.4 Å². The monoisotopic (exact) mass is 402 g/mol. The fourth-order valence-corrected chi connectivity index (χ4v) is 4.46. The number of hydrogen-bond acceptors (Lipinski definition) is 4. The highest BCUT2D eigenvalue weighted by Gasteiger charge is 2.20. The van der Waals surface area contributed by atoms with E-state index in [0.717, 1.165) is 44.9 Å². The number of thiophene rings is 1. The fourth-order valence-electron chi connectivity index (χ4n) is 3.35. The van der Waals surface area contributed by atoms with Gasteiger partial charge in [-0.25, -0.2) is 0 Å². The third-order valence-electron chi connectivity index (χ3n) is 5.61. The van der Waals surface area contributed by atoms with Gasteiger partial charge >= 0.3 is 0 Å². The minimum Gasteiger partial charge on any atom is -0.390 e. The highest BCUT2D eigenvalue weighted by molar-refractivity contribution is 7.13. The van der Waals surface area contributed by atoms with Crippen LogP contribution in [-0.2, 0) is 12.8 Å². The molecule has 2 rings (SSSR count). The predicted molar refractivity (Wildman–Crippen MR) is 118 cm³/mol. The van der Waals surface area contributed by atoms with Gasteiger partial charge in [-0.15, -0.1) is 11.3 Å². The van der Waals surface area contributed by atoms with E-state index in [-0.39, 0.29) is 0 Å². The van der Waals surface area contributed by atoms with Gasteiger partial charge in [0.25, 0.3) is 0 Å². The van der Waals surface area contributed by atoms with Crippen molar-refractivity contribution < 1.29 is 15.3 Å². The smallest absolute Gasteiger partial charge is 0.178 e. The van der Waals surface area contributed by atoms with E-state index in [1.807, 2.05) is 23.5 Å². The van der Waals surface area contributed by atoms with Gasteiger partial charge in [0.05, 0.1) is 5.60 Å². The second-order valence-electron chi connectivity index (χ2n) is 7.43. The number of aryl methyl sites for hydroxylation is 2. The van der Waals surface area contributed by atoms with Gasteiger partial charge in [0, 0.05) is 15.3 Å². The van der Waals surface area contributed by atoms with E-state index in [9.17, 15) is 15.3 Å². The molecule has 0 fully saturated rings. The molecule has 0 spiro atoms. The fraction of sp³-hybridized carbons (Fsp3) is 0.500. The van der Waals surface area contributed by atoms with Crippen LogP contribution in [0.4, 0.5) is 0 Å². The summed E-state index contributed by atoms with van der Waals surface area (Å²) in [5, 5.41) is 28.8. The van der Waals surface area contributed by atoms with Crippen LogP contribution in [0, 0.1) is 0 Å². The summed E-state index contributed by atoms with van der Waals surface area (Å²) in [5.74, 6) is 0. The van der Waals surface area contributed by atoms with Crippen molar-refractivity contribution in [2.75, 3.05) is 0 Å². The molecule has 1 aromatic carbocycles. The molecule has 0 saturated heterocycles. The minimum absolute atomic E-state index is 0.526. The van der Waals surface area contributed by atoms with Crippen LogP contribution in [-0.4, -0.2) is 20.9 Å². The van der Waals surface area contributed by atoms with Gasteiger partial charge in [-0.05, 0) is 68.2 Å². The molecule has 0 aliphatic rings. The number of aliphatic hydroxyl groups excluding tert-OH is 1. The maximum Gasteiger partial charge on any atom is 0.178 e. The Bertz CT molecular complexity index is 739. The molecule has 2 aromatic rings. The Morgan fingerprint density at radius 3 is 2.25 bits per heavy atom. The van der Waals surface area contributed by atoms with Crippen LogP contribution in [0.1, 0.15) is 80.0 Å². The van der Waals surface area contributed by atoms with Crippen LogP contribution in [0.3, 0.4) is 0 Å². The van der Waals surface area contributed by atoms with Gasteiger partial charge in [-0.2, -0.15) is 0 Å². The minimum atomic E-state index is -1.40. The Hall–Kier alpha value is -1.46. The van der Waals surface area contributed by atoms with Crippen LogP contribution in [0.15, 0.2) is 42.5 Å². The topological polar surface area (TPSA) is 60.7 Å². The molecule has 0 unspecified atom stereocenters. The summed E-state index contributed by atoms with van der Waals surface area (Å²) in [6.45, 7) is 6.30.